The van der Waals surface area contributed by atoms with Crippen LogP contribution >= 0.6 is 0 Å². The first-order valence-corrected chi connectivity index (χ1v) is 7.01. The fraction of sp³-hybridized carbons (Fsp3) is 0.357. The summed E-state index contributed by atoms with van der Waals surface area (Å²) in [6, 6.07) is 5.09. The zero-order valence-corrected chi connectivity index (χ0v) is 11.8. The summed E-state index contributed by atoms with van der Waals surface area (Å²) >= 11 is 0. The van der Waals surface area contributed by atoms with Crippen LogP contribution in [0.15, 0.2) is 28.9 Å². The van der Waals surface area contributed by atoms with Crippen LogP contribution in [-0.4, -0.2) is 33.5 Å². The standard InChI is InChI=1S/C14H15N5O3/c20-11-7-9(4-6-16-11)13-18-12(22-19-13)8-17-14(21)10-3-1-2-5-15-10/h1-3,5,9H,4,6-8H2,(H,16,20)(H,17,21). The average molecular weight is 301 g/mol. The number of amides is 2. The highest BCUT2D eigenvalue weighted by Crippen LogP contribution is 2.22. The molecule has 1 fully saturated rings. The Kier molecular flexibility index (Phi) is 4.08. The molecule has 2 aromatic heterocycles. The maximum absolute atomic E-state index is 11.9. The van der Waals surface area contributed by atoms with Crippen molar-refractivity contribution in [2.45, 2.75) is 25.3 Å². The minimum Gasteiger partial charge on any atom is -0.356 e. The lowest BCUT2D eigenvalue weighted by atomic mass is 9.97. The Balaban J connectivity index is 1.58. The van der Waals surface area contributed by atoms with Gasteiger partial charge < -0.3 is 15.2 Å². The van der Waals surface area contributed by atoms with E-state index in [0.717, 1.165) is 6.42 Å². The van der Waals surface area contributed by atoms with Crippen molar-refractivity contribution in [1.82, 2.24) is 25.8 Å². The number of nitrogens with one attached hydrogen (secondary N) is 2. The number of rotatable bonds is 4. The van der Waals surface area contributed by atoms with Gasteiger partial charge in [-0.25, -0.2) is 0 Å². The van der Waals surface area contributed by atoms with Gasteiger partial charge in [0.2, 0.25) is 11.8 Å². The summed E-state index contributed by atoms with van der Waals surface area (Å²) in [6.45, 7) is 0.741. The van der Waals surface area contributed by atoms with Crippen LogP contribution < -0.4 is 10.6 Å². The summed E-state index contributed by atoms with van der Waals surface area (Å²) in [6.07, 6.45) is 2.69. The van der Waals surface area contributed by atoms with E-state index in [9.17, 15) is 9.59 Å². The summed E-state index contributed by atoms with van der Waals surface area (Å²) in [5.74, 6) is 0.475. The van der Waals surface area contributed by atoms with Crippen LogP contribution in [0.5, 0.6) is 0 Å². The topological polar surface area (TPSA) is 110 Å². The maximum atomic E-state index is 11.9. The molecule has 0 saturated carbocycles. The largest absolute Gasteiger partial charge is 0.356 e. The fourth-order valence-corrected chi connectivity index (χ4v) is 2.25. The van der Waals surface area contributed by atoms with Crippen molar-refractivity contribution in [3.8, 4) is 0 Å². The normalized spacial score (nSPS) is 17.8. The minimum atomic E-state index is -0.308. The predicted octanol–water partition coefficient (Wildman–Crippen LogP) is 0.388. The summed E-state index contributed by atoms with van der Waals surface area (Å²) in [5.41, 5.74) is 0.325. The quantitative estimate of drug-likeness (QED) is 0.845. The molecule has 0 radical (unpaired) electrons. The van der Waals surface area contributed by atoms with E-state index in [1.807, 2.05) is 0 Å². The molecule has 0 spiro atoms. The van der Waals surface area contributed by atoms with E-state index in [1.54, 1.807) is 24.4 Å². The first-order valence-electron chi connectivity index (χ1n) is 7.01. The van der Waals surface area contributed by atoms with Crippen LogP contribution in [-0.2, 0) is 11.3 Å². The fourth-order valence-electron chi connectivity index (χ4n) is 2.25. The first kappa shape index (κ1) is 14.2. The average Bonchev–Trinajstić information content (AvgIpc) is 3.02. The second-order valence-electron chi connectivity index (χ2n) is 4.98. The highest BCUT2D eigenvalue weighted by atomic mass is 16.5. The molecule has 3 heterocycles. The molecular weight excluding hydrogens is 286 g/mol. The van der Waals surface area contributed by atoms with Crippen molar-refractivity contribution in [3.63, 3.8) is 0 Å². The van der Waals surface area contributed by atoms with Gasteiger partial charge >= 0.3 is 0 Å². The van der Waals surface area contributed by atoms with E-state index in [4.69, 9.17) is 4.52 Å². The van der Waals surface area contributed by atoms with Crippen molar-refractivity contribution >= 4 is 11.8 Å². The maximum Gasteiger partial charge on any atom is 0.270 e. The number of pyridine rings is 1. The Morgan fingerprint density at radius 1 is 1.45 bits per heavy atom. The van der Waals surface area contributed by atoms with Gasteiger partial charge in [-0.3, -0.25) is 14.6 Å². The Labute approximate surface area is 126 Å². The lowest BCUT2D eigenvalue weighted by Gasteiger charge is -2.18. The third kappa shape index (κ3) is 3.27. The monoisotopic (exact) mass is 301 g/mol. The third-order valence-electron chi connectivity index (χ3n) is 3.39. The number of hydrogen-bond donors (Lipinski definition) is 2. The lowest BCUT2D eigenvalue weighted by Crippen LogP contribution is -2.32. The number of carbonyl (C=O) groups is 2. The number of nitrogens with zero attached hydrogens (tertiary/aromatic N) is 3. The minimum absolute atomic E-state index is 0.00828. The Bertz CT molecular complexity index is 670. The molecule has 1 saturated heterocycles. The van der Waals surface area contributed by atoms with Gasteiger partial charge in [0.15, 0.2) is 5.82 Å². The molecule has 0 aliphatic carbocycles. The van der Waals surface area contributed by atoms with Crippen molar-refractivity contribution < 1.29 is 14.1 Å². The highest BCUT2D eigenvalue weighted by molar-refractivity contribution is 5.92. The van der Waals surface area contributed by atoms with E-state index in [-0.39, 0.29) is 24.3 Å². The van der Waals surface area contributed by atoms with Gasteiger partial charge in [0.25, 0.3) is 5.91 Å². The van der Waals surface area contributed by atoms with Crippen LogP contribution in [0.2, 0.25) is 0 Å². The number of hydrogen-bond acceptors (Lipinski definition) is 6. The molecule has 2 amide bonds. The van der Waals surface area contributed by atoms with Crippen LogP contribution in [0.3, 0.4) is 0 Å². The highest BCUT2D eigenvalue weighted by Gasteiger charge is 2.25. The first-order chi connectivity index (χ1) is 10.7. The zero-order chi connectivity index (χ0) is 15.4. The molecule has 1 unspecified atom stereocenters. The summed E-state index contributed by atoms with van der Waals surface area (Å²) in [7, 11) is 0. The number of aromatic nitrogens is 3. The second kappa shape index (κ2) is 6.33. The van der Waals surface area contributed by atoms with Crippen molar-refractivity contribution in [3.05, 3.63) is 41.8 Å². The molecule has 22 heavy (non-hydrogen) atoms. The molecule has 0 bridgehead atoms. The van der Waals surface area contributed by atoms with E-state index in [1.165, 1.54) is 0 Å². The van der Waals surface area contributed by atoms with Crippen LogP contribution in [0.4, 0.5) is 0 Å². The van der Waals surface area contributed by atoms with Crippen molar-refractivity contribution in [2.24, 2.45) is 0 Å². The summed E-state index contributed by atoms with van der Waals surface area (Å²) in [4.78, 5) is 31.4. The van der Waals surface area contributed by atoms with Crippen LogP contribution in [0.1, 0.15) is 41.0 Å². The van der Waals surface area contributed by atoms with Crippen LogP contribution in [0.25, 0.3) is 0 Å². The van der Waals surface area contributed by atoms with Gasteiger partial charge in [-0.15, -0.1) is 0 Å². The molecule has 0 aromatic carbocycles. The van der Waals surface area contributed by atoms with Gasteiger partial charge in [-0.1, -0.05) is 11.2 Å². The van der Waals surface area contributed by atoms with E-state index in [0.29, 0.717) is 30.4 Å². The molecule has 8 nitrogen and oxygen atoms in total. The third-order valence-corrected chi connectivity index (χ3v) is 3.39. The molecular formula is C14H15N5O3. The molecule has 114 valence electrons. The van der Waals surface area contributed by atoms with E-state index >= 15 is 0 Å². The molecule has 2 aromatic rings. The van der Waals surface area contributed by atoms with E-state index in [2.05, 4.69) is 25.8 Å². The number of carbonyl (C=O) groups excluding carboxylic acids is 2. The molecule has 1 aliphatic rings. The molecule has 8 heteroatoms. The van der Waals surface area contributed by atoms with Gasteiger partial charge in [0, 0.05) is 25.1 Å². The SMILES string of the molecule is O=C1CC(c2noc(CNC(=O)c3ccccn3)n2)CCN1. The molecule has 1 aliphatic heterocycles. The van der Waals surface area contributed by atoms with Gasteiger partial charge in [0.05, 0.1) is 6.54 Å². The Morgan fingerprint density at radius 2 is 2.36 bits per heavy atom. The predicted molar refractivity (Wildman–Crippen MR) is 74.7 cm³/mol. The zero-order valence-electron chi connectivity index (χ0n) is 11.8. The van der Waals surface area contributed by atoms with Gasteiger partial charge in [-0.2, -0.15) is 4.98 Å². The Hall–Kier alpha value is -2.77. The van der Waals surface area contributed by atoms with Gasteiger partial charge in [-0.05, 0) is 18.6 Å². The smallest absolute Gasteiger partial charge is 0.270 e. The number of piperidine rings is 1. The van der Waals surface area contributed by atoms with Crippen molar-refractivity contribution in [2.75, 3.05) is 6.54 Å². The second-order valence-corrected chi connectivity index (χ2v) is 4.98. The summed E-state index contributed by atoms with van der Waals surface area (Å²) in [5, 5.41) is 9.31. The van der Waals surface area contributed by atoms with Gasteiger partial charge in [0.1, 0.15) is 5.69 Å². The molecule has 1 atom stereocenters. The Morgan fingerprint density at radius 3 is 3.14 bits per heavy atom. The van der Waals surface area contributed by atoms with Crippen LogP contribution in [0, 0.1) is 0 Å². The molecule has 3 rings (SSSR count). The lowest BCUT2D eigenvalue weighted by molar-refractivity contribution is -0.122. The summed E-state index contributed by atoms with van der Waals surface area (Å²) < 4.78 is 5.11. The molecule has 2 N–H and O–H groups in total. The van der Waals surface area contributed by atoms with E-state index < -0.39 is 0 Å². The van der Waals surface area contributed by atoms with Crippen molar-refractivity contribution in [1.29, 1.82) is 0 Å².